The van der Waals surface area contributed by atoms with Crippen molar-refractivity contribution in [2.24, 2.45) is 35.0 Å². The maximum Gasteiger partial charge on any atom is 0.109 e. The van der Waals surface area contributed by atoms with Crippen LogP contribution in [0.4, 0.5) is 0 Å². The second-order valence-corrected chi connectivity index (χ2v) is 12.5. The lowest BCUT2D eigenvalue weighted by atomic mass is 9.48. The molecule has 0 aromatic heterocycles. The van der Waals surface area contributed by atoms with Crippen LogP contribution in [0.5, 0.6) is 0 Å². The van der Waals surface area contributed by atoms with Crippen LogP contribution in [0.2, 0.25) is 5.31 Å². The topological polar surface area (TPSA) is 0 Å². The molecule has 0 spiro atoms. The van der Waals surface area contributed by atoms with Crippen molar-refractivity contribution in [3.8, 4) is 0 Å². The Morgan fingerprint density at radius 3 is 1.72 bits per heavy atom. The molecule has 168 valence electrons. The predicted octanol–water partition coefficient (Wildman–Crippen LogP) is 8.62. The minimum Gasteiger partial charge on any atom is -0.0669 e. The van der Waals surface area contributed by atoms with Crippen molar-refractivity contribution in [3.63, 3.8) is 0 Å². The summed E-state index contributed by atoms with van der Waals surface area (Å²) in [5, 5.41) is 0.565. The molecule has 2 saturated carbocycles. The maximum absolute atomic E-state index is 2.58. The summed E-state index contributed by atoms with van der Waals surface area (Å²) in [5.41, 5.74) is 4.53. The first kappa shape index (κ1) is 25.1. The van der Waals surface area contributed by atoms with E-state index in [1.807, 2.05) is 11.1 Å². The Morgan fingerprint density at radius 2 is 1.34 bits per heavy atom. The highest BCUT2D eigenvalue weighted by Crippen LogP contribution is 2.60. The molecule has 0 bridgehead atoms. The van der Waals surface area contributed by atoms with E-state index < -0.39 is 0 Å². The quantitative estimate of drug-likeness (QED) is 0.240. The zero-order chi connectivity index (χ0) is 21.8. The van der Waals surface area contributed by atoms with Crippen molar-refractivity contribution in [2.75, 3.05) is 0 Å². The van der Waals surface area contributed by atoms with Gasteiger partial charge in [-0.05, 0) is 86.4 Å². The summed E-state index contributed by atoms with van der Waals surface area (Å²) in [7, 11) is 2.50. The fourth-order valence-electron chi connectivity index (χ4n) is 7.44. The van der Waals surface area contributed by atoms with Gasteiger partial charge in [-0.3, -0.25) is 0 Å². The van der Waals surface area contributed by atoms with Gasteiger partial charge < -0.3 is 0 Å². The summed E-state index contributed by atoms with van der Waals surface area (Å²) in [6.07, 6.45) is 15.3. The van der Waals surface area contributed by atoms with Crippen LogP contribution >= 0.6 is 0 Å². The molecule has 0 saturated heterocycles. The summed E-state index contributed by atoms with van der Waals surface area (Å²) < 4.78 is 0. The lowest BCUT2D eigenvalue weighted by Gasteiger charge is -2.48. The Balaban J connectivity index is 2.60. The van der Waals surface area contributed by atoms with Crippen LogP contribution in [-0.2, 0) is 0 Å². The molecule has 0 aromatic rings. The van der Waals surface area contributed by atoms with Crippen molar-refractivity contribution in [2.45, 2.75) is 131 Å². The second-order valence-electron chi connectivity index (χ2n) is 12.5. The van der Waals surface area contributed by atoms with Gasteiger partial charge in [0.05, 0.1) is 0 Å². The minimum absolute atomic E-state index is 0.525. The molecule has 0 aliphatic heterocycles. The van der Waals surface area contributed by atoms with E-state index in [4.69, 9.17) is 0 Å². The molecule has 0 N–H and O–H groups in total. The van der Waals surface area contributed by atoms with E-state index in [9.17, 15) is 0 Å². The molecule has 3 unspecified atom stereocenters. The highest BCUT2D eigenvalue weighted by Gasteiger charge is 2.47. The van der Waals surface area contributed by atoms with E-state index in [0.717, 1.165) is 29.6 Å². The Morgan fingerprint density at radius 1 is 0.828 bits per heavy atom. The van der Waals surface area contributed by atoms with E-state index >= 15 is 0 Å². The van der Waals surface area contributed by atoms with Gasteiger partial charge in [0.1, 0.15) is 7.85 Å². The third-order valence-electron chi connectivity index (χ3n) is 8.39. The Bertz CT molecular complexity index is 527. The highest BCUT2D eigenvalue weighted by atomic mass is 14.5. The van der Waals surface area contributed by atoms with Crippen molar-refractivity contribution < 1.29 is 0 Å². The molecule has 0 radical (unpaired) electrons. The minimum atomic E-state index is 0.525. The van der Waals surface area contributed by atoms with Crippen LogP contribution in [0.3, 0.4) is 0 Å². The third kappa shape index (κ3) is 6.16. The molecule has 0 aromatic carbocycles. The van der Waals surface area contributed by atoms with Crippen molar-refractivity contribution in [1.29, 1.82) is 0 Å². The standard InChI is InChI=1S/C28H53B/c1-9-13-21(12-4)25(22(14-10-2)15-11-3)26(23-17-28(8,29)18-23)24-19-27(6,7)16-20(24)5/h20-24H,9-19,29H2,1-8H3/b26-25+. The molecular weight excluding hydrogens is 347 g/mol. The summed E-state index contributed by atoms with van der Waals surface area (Å²) in [5.74, 6) is 4.27. The van der Waals surface area contributed by atoms with Crippen molar-refractivity contribution in [3.05, 3.63) is 11.1 Å². The molecule has 0 heterocycles. The molecule has 29 heavy (non-hydrogen) atoms. The van der Waals surface area contributed by atoms with Crippen LogP contribution in [0.15, 0.2) is 11.1 Å². The maximum atomic E-state index is 2.58. The fraction of sp³-hybridized carbons (Fsp3) is 0.929. The van der Waals surface area contributed by atoms with E-state index in [-0.39, 0.29) is 0 Å². The fourth-order valence-corrected chi connectivity index (χ4v) is 7.44. The first-order chi connectivity index (χ1) is 13.6. The average molecular weight is 401 g/mol. The van der Waals surface area contributed by atoms with Crippen LogP contribution in [0, 0.1) is 35.0 Å². The number of hydrogen-bond donors (Lipinski definition) is 0. The van der Waals surface area contributed by atoms with Gasteiger partial charge in [-0.1, -0.05) is 91.1 Å². The van der Waals surface area contributed by atoms with E-state index in [2.05, 4.69) is 63.2 Å². The van der Waals surface area contributed by atoms with Gasteiger partial charge >= 0.3 is 0 Å². The molecule has 2 fully saturated rings. The molecule has 2 aliphatic carbocycles. The number of hydrogen-bond acceptors (Lipinski definition) is 0. The first-order valence-corrected chi connectivity index (χ1v) is 13.3. The molecule has 2 rings (SSSR count). The van der Waals surface area contributed by atoms with Gasteiger partial charge in [-0.2, -0.15) is 0 Å². The summed E-state index contributed by atoms with van der Waals surface area (Å²) in [4.78, 5) is 0. The SMILES string of the molecule is BC1(C)CC(/C(=C(/C(CC)CCC)C(CCC)CCC)C2CC(C)(C)CC2C)C1. The summed E-state index contributed by atoms with van der Waals surface area (Å²) in [6, 6.07) is 0. The Kier molecular flexibility index (Phi) is 9.00. The summed E-state index contributed by atoms with van der Waals surface area (Å²) in [6.45, 7) is 19.8. The Labute approximate surface area is 185 Å². The van der Waals surface area contributed by atoms with Crippen molar-refractivity contribution >= 4 is 7.85 Å². The third-order valence-corrected chi connectivity index (χ3v) is 8.39. The molecule has 2 aliphatic rings. The number of allylic oxidation sites excluding steroid dienone is 2. The van der Waals surface area contributed by atoms with Crippen LogP contribution in [0.25, 0.3) is 0 Å². The zero-order valence-electron chi connectivity index (χ0n) is 21.7. The van der Waals surface area contributed by atoms with Gasteiger partial charge in [-0.25, -0.2) is 0 Å². The normalized spacial score (nSPS) is 33.5. The average Bonchev–Trinajstić information content (AvgIpc) is 2.88. The zero-order valence-corrected chi connectivity index (χ0v) is 21.7. The van der Waals surface area contributed by atoms with Crippen molar-refractivity contribution in [1.82, 2.24) is 0 Å². The van der Waals surface area contributed by atoms with Gasteiger partial charge in [0.25, 0.3) is 0 Å². The first-order valence-electron chi connectivity index (χ1n) is 13.3. The van der Waals surface area contributed by atoms with E-state index in [1.165, 1.54) is 70.6 Å². The Hall–Kier alpha value is -0.195. The van der Waals surface area contributed by atoms with E-state index in [0.29, 0.717) is 10.7 Å². The number of rotatable bonds is 11. The lowest BCUT2D eigenvalue weighted by Crippen LogP contribution is -2.35. The molecular formula is C28H53B. The summed E-state index contributed by atoms with van der Waals surface area (Å²) >= 11 is 0. The molecule has 1 heteroatoms. The molecule has 0 nitrogen and oxygen atoms in total. The smallest absolute Gasteiger partial charge is 0.0669 e. The highest BCUT2D eigenvalue weighted by molar-refractivity contribution is 6.15. The van der Waals surface area contributed by atoms with E-state index in [1.54, 1.807) is 0 Å². The monoisotopic (exact) mass is 400 g/mol. The largest absolute Gasteiger partial charge is 0.109 e. The van der Waals surface area contributed by atoms with Gasteiger partial charge in [0.15, 0.2) is 0 Å². The van der Waals surface area contributed by atoms with Crippen LogP contribution in [0.1, 0.15) is 126 Å². The second kappa shape index (κ2) is 10.4. The van der Waals surface area contributed by atoms with Crippen LogP contribution < -0.4 is 0 Å². The van der Waals surface area contributed by atoms with Gasteiger partial charge in [-0.15, -0.1) is 0 Å². The molecule has 3 atom stereocenters. The predicted molar refractivity (Wildman–Crippen MR) is 134 cm³/mol. The van der Waals surface area contributed by atoms with Gasteiger partial charge in [0.2, 0.25) is 0 Å². The lowest BCUT2D eigenvalue weighted by molar-refractivity contribution is 0.229. The van der Waals surface area contributed by atoms with Gasteiger partial charge in [0, 0.05) is 0 Å². The van der Waals surface area contributed by atoms with Crippen LogP contribution in [-0.4, -0.2) is 7.85 Å². The molecule has 0 amide bonds.